The third kappa shape index (κ3) is 2.73. The number of benzene rings is 2. The fourth-order valence-corrected chi connectivity index (χ4v) is 3.30. The molecule has 2 aromatic carbocycles. The zero-order valence-electron chi connectivity index (χ0n) is 12.4. The van der Waals surface area contributed by atoms with Gasteiger partial charge in [-0.05, 0) is 47.6 Å². The van der Waals surface area contributed by atoms with Gasteiger partial charge in [-0.2, -0.15) is 0 Å². The van der Waals surface area contributed by atoms with Crippen molar-refractivity contribution in [3.63, 3.8) is 0 Å². The SMILES string of the molecule is CCCc1ccc(C2(O)CCc3c(F)cccc3C2)cc1. The molecule has 0 heterocycles. The van der Waals surface area contributed by atoms with Gasteiger partial charge in [0.25, 0.3) is 0 Å². The lowest BCUT2D eigenvalue weighted by Gasteiger charge is -2.34. The lowest BCUT2D eigenvalue weighted by atomic mass is 9.76. The molecule has 1 N–H and O–H groups in total. The predicted molar refractivity (Wildman–Crippen MR) is 82.8 cm³/mol. The van der Waals surface area contributed by atoms with E-state index in [2.05, 4.69) is 19.1 Å². The summed E-state index contributed by atoms with van der Waals surface area (Å²) in [5, 5.41) is 11.0. The summed E-state index contributed by atoms with van der Waals surface area (Å²) < 4.78 is 13.8. The van der Waals surface area contributed by atoms with Gasteiger partial charge in [0.05, 0.1) is 5.60 Å². The summed E-state index contributed by atoms with van der Waals surface area (Å²) in [6, 6.07) is 13.4. The third-order valence-electron chi connectivity index (χ3n) is 4.52. The van der Waals surface area contributed by atoms with Crippen molar-refractivity contribution in [1.82, 2.24) is 0 Å². The topological polar surface area (TPSA) is 20.2 Å². The van der Waals surface area contributed by atoms with Crippen LogP contribution >= 0.6 is 0 Å². The second-order valence-electron chi connectivity index (χ2n) is 6.03. The summed E-state index contributed by atoms with van der Waals surface area (Å²) in [7, 11) is 0. The Morgan fingerprint density at radius 2 is 1.90 bits per heavy atom. The smallest absolute Gasteiger partial charge is 0.126 e. The summed E-state index contributed by atoms with van der Waals surface area (Å²) in [6.45, 7) is 2.16. The van der Waals surface area contributed by atoms with E-state index in [9.17, 15) is 9.50 Å². The lowest BCUT2D eigenvalue weighted by Crippen LogP contribution is -2.33. The normalized spacial score (nSPS) is 21.1. The average Bonchev–Trinajstić information content (AvgIpc) is 2.48. The van der Waals surface area contributed by atoms with Crippen LogP contribution in [0.2, 0.25) is 0 Å². The van der Waals surface area contributed by atoms with Crippen LogP contribution in [0.1, 0.15) is 42.0 Å². The Morgan fingerprint density at radius 1 is 1.14 bits per heavy atom. The maximum absolute atomic E-state index is 13.8. The Hall–Kier alpha value is -1.67. The van der Waals surface area contributed by atoms with E-state index in [1.807, 2.05) is 18.2 Å². The maximum Gasteiger partial charge on any atom is 0.126 e. The van der Waals surface area contributed by atoms with Crippen molar-refractivity contribution in [2.24, 2.45) is 0 Å². The molecule has 2 aromatic rings. The van der Waals surface area contributed by atoms with Crippen molar-refractivity contribution in [2.45, 2.75) is 44.6 Å². The van der Waals surface area contributed by atoms with Gasteiger partial charge in [0.2, 0.25) is 0 Å². The standard InChI is InChI=1S/C19H21FO/c1-2-4-14-7-9-16(10-8-14)19(21)12-11-17-15(13-19)5-3-6-18(17)20/h3,5-10,21H,2,4,11-13H2,1H3. The number of aryl methyl sites for hydroxylation is 1. The number of hydrogen-bond donors (Lipinski definition) is 1. The van der Waals surface area contributed by atoms with Crippen LogP contribution in [0.4, 0.5) is 4.39 Å². The van der Waals surface area contributed by atoms with Gasteiger partial charge < -0.3 is 5.11 Å². The van der Waals surface area contributed by atoms with Crippen molar-refractivity contribution in [3.8, 4) is 0 Å². The van der Waals surface area contributed by atoms with Crippen LogP contribution in [0, 0.1) is 5.82 Å². The Labute approximate surface area is 125 Å². The first-order valence-electron chi connectivity index (χ1n) is 7.70. The molecule has 1 aliphatic carbocycles. The van der Waals surface area contributed by atoms with Gasteiger partial charge in [-0.25, -0.2) is 4.39 Å². The molecule has 1 nitrogen and oxygen atoms in total. The summed E-state index contributed by atoms with van der Waals surface area (Å²) in [5.74, 6) is -0.146. The summed E-state index contributed by atoms with van der Waals surface area (Å²) in [4.78, 5) is 0. The highest BCUT2D eigenvalue weighted by atomic mass is 19.1. The minimum atomic E-state index is -0.870. The lowest BCUT2D eigenvalue weighted by molar-refractivity contribution is 0.0217. The molecular weight excluding hydrogens is 263 g/mol. The van der Waals surface area contributed by atoms with Crippen molar-refractivity contribution >= 4 is 0 Å². The van der Waals surface area contributed by atoms with Crippen LogP contribution in [-0.2, 0) is 24.9 Å². The molecular formula is C19H21FO. The number of halogens is 1. The molecule has 3 rings (SSSR count). The van der Waals surface area contributed by atoms with Crippen molar-refractivity contribution in [2.75, 3.05) is 0 Å². The molecule has 1 atom stereocenters. The van der Waals surface area contributed by atoms with Crippen LogP contribution in [0.5, 0.6) is 0 Å². The Kier molecular flexibility index (Phi) is 3.81. The Balaban J connectivity index is 1.88. The van der Waals surface area contributed by atoms with Crippen LogP contribution in [0.25, 0.3) is 0 Å². The van der Waals surface area contributed by atoms with Gasteiger partial charge in [0, 0.05) is 6.42 Å². The quantitative estimate of drug-likeness (QED) is 0.897. The average molecular weight is 284 g/mol. The highest BCUT2D eigenvalue weighted by molar-refractivity contribution is 5.37. The Bertz CT molecular complexity index is 633. The molecule has 2 heteroatoms. The Morgan fingerprint density at radius 3 is 2.62 bits per heavy atom. The minimum absolute atomic E-state index is 0.146. The maximum atomic E-state index is 13.8. The van der Waals surface area contributed by atoms with Gasteiger partial charge in [0.1, 0.15) is 5.82 Å². The van der Waals surface area contributed by atoms with Crippen LogP contribution < -0.4 is 0 Å². The van der Waals surface area contributed by atoms with Crippen LogP contribution in [0.3, 0.4) is 0 Å². The van der Waals surface area contributed by atoms with Gasteiger partial charge in [-0.3, -0.25) is 0 Å². The molecule has 0 bridgehead atoms. The van der Waals surface area contributed by atoms with Crippen molar-refractivity contribution in [1.29, 1.82) is 0 Å². The summed E-state index contributed by atoms with van der Waals surface area (Å²) in [5.41, 5.74) is 3.07. The molecule has 0 radical (unpaired) electrons. The van der Waals surface area contributed by atoms with E-state index in [1.165, 1.54) is 11.6 Å². The van der Waals surface area contributed by atoms with Crippen molar-refractivity contribution < 1.29 is 9.50 Å². The number of aliphatic hydroxyl groups is 1. The highest BCUT2D eigenvalue weighted by Crippen LogP contribution is 2.37. The molecule has 0 fully saturated rings. The fourth-order valence-electron chi connectivity index (χ4n) is 3.30. The summed E-state index contributed by atoms with van der Waals surface area (Å²) in [6.07, 6.45) is 3.85. The molecule has 0 saturated heterocycles. The minimum Gasteiger partial charge on any atom is -0.385 e. The molecule has 0 amide bonds. The van der Waals surface area contributed by atoms with E-state index in [-0.39, 0.29) is 5.82 Å². The van der Waals surface area contributed by atoms with Crippen molar-refractivity contribution in [3.05, 3.63) is 70.5 Å². The molecule has 110 valence electrons. The number of fused-ring (bicyclic) bond motifs is 1. The van der Waals surface area contributed by atoms with Gasteiger partial charge in [0.15, 0.2) is 0 Å². The molecule has 0 aromatic heterocycles. The first-order valence-corrected chi connectivity index (χ1v) is 7.70. The van der Waals surface area contributed by atoms with E-state index in [1.54, 1.807) is 6.07 Å². The number of rotatable bonds is 3. The third-order valence-corrected chi connectivity index (χ3v) is 4.52. The van der Waals surface area contributed by atoms with E-state index in [0.29, 0.717) is 19.3 Å². The highest BCUT2D eigenvalue weighted by Gasteiger charge is 2.34. The monoisotopic (exact) mass is 284 g/mol. The van der Waals surface area contributed by atoms with E-state index >= 15 is 0 Å². The van der Waals surface area contributed by atoms with Gasteiger partial charge >= 0.3 is 0 Å². The predicted octanol–water partition coefficient (Wildman–Crippen LogP) is 4.15. The first kappa shape index (κ1) is 14.3. The zero-order valence-corrected chi connectivity index (χ0v) is 12.4. The van der Waals surface area contributed by atoms with Gasteiger partial charge in [-0.15, -0.1) is 0 Å². The number of hydrogen-bond acceptors (Lipinski definition) is 1. The molecule has 1 unspecified atom stereocenters. The largest absolute Gasteiger partial charge is 0.385 e. The fraction of sp³-hybridized carbons (Fsp3) is 0.368. The molecule has 0 saturated carbocycles. The molecule has 0 aliphatic heterocycles. The van der Waals surface area contributed by atoms with E-state index in [4.69, 9.17) is 0 Å². The second kappa shape index (κ2) is 5.61. The van der Waals surface area contributed by atoms with E-state index < -0.39 is 5.60 Å². The first-order chi connectivity index (χ1) is 10.1. The molecule has 0 spiro atoms. The van der Waals surface area contributed by atoms with E-state index in [0.717, 1.165) is 29.5 Å². The van der Waals surface area contributed by atoms with Crippen LogP contribution in [-0.4, -0.2) is 5.11 Å². The van der Waals surface area contributed by atoms with Crippen LogP contribution in [0.15, 0.2) is 42.5 Å². The van der Waals surface area contributed by atoms with Gasteiger partial charge in [-0.1, -0.05) is 49.7 Å². The second-order valence-corrected chi connectivity index (χ2v) is 6.03. The molecule has 1 aliphatic rings. The summed E-state index contributed by atoms with van der Waals surface area (Å²) >= 11 is 0. The molecule has 21 heavy (non-hydrogen) atoms. The zero-order chi connectivity index (χ0) is 14.9.